The Morgan fingerprint density at radius 1 is 1.27 bits per heavy atom. The Morgan fingerprint density at radius 3 is 2.61 bits per heavy atom. The number of aromatic nitrogens is 3. The van der Waals surface area contributed by atoms with Crippen LogP contribution in [0.15, 0.2) is 23.2 Å². The Labute approximate surface area is 194 Å². The van der Waals surface area contributed by atoms with E-state index in [1.165, 1.54) is 28.3 Å². The Bertz CT molecular complexity index is 1140. The van der Waals surface area contributed by atoms with Gasteiger partial charge in [-0.2, -0.15) is 5.10 Å². The molecule has 0 unspecified atom stereocenters. The normalized spacial score (nSPS) is 14.8. The van der Waals surface area contributed by atoms with E-state index in [9.17, 15) is 9.18 Å². The number of halogens is 2. The van der Waals surface area contributed by atoms with Gasteiger partial charge in [-0.3, -0.25) is 4.79 Å². The minimum absolute atomic E-state index is 0.0191. The van der Waals surface area contributed by atoms with E-state index in [0.717, 1.165) is 31.7 Å². The van der Waals surface area contributed by atoms with Crippen molar-refractivity contribution in [2.75, 3.05) is 35.6 Å². The van der Waals surface area contributed by atoms with Crippen molar-refractivity contribution in [3.05, 3.63) is 40.5 Å². The molecule has 8 nitrogen and oxygen atoms in total. The van der Waals surface area contributed by atoms with Crippen LogP contribution in [0.2, 0.25) is 0 Å². The van der Waals surface area contributed by atoms with E-state index in [1.807, 2.05) is 18.5 Å². The predicted octanol–water partition coefficient (Wildman–Crippen LogP) is 3.88. The average molecular weight is 476 g/mol. The molecule has 3 heterocycles. The first kappa shape index (κ1) is 23.1. The number of nitrogens with one attached hydrogen (secondary N) is 1. The highest BCUT2D eigenvalue weighted by Gasteiger charge is 2.29. The molecule has 5 N–H and O–H groups in total. The molecule has 176 valence electrons. The molecule has 4 rings (SSSR count). The molecular weight excluding hydrogens is 448 g/mol. The first-order valence-corrected chi connectivity index (χ1v) is 11.8. The third-order valence-electron chi connectivity index (χ3n) is 5.93. The summed E-state index contributed by atoms with van der Waals surface area (Å²) < 4.78 is 32.3. The summed E-state index contributed by atoms with van der Waals surface area (Å²) in [5.74, 6) is -1.46. The summed E-state index contributed by atoms with van der Waals surface area (Å²) in [4.78, 5) is 18.5. The van der Waals surface area contributed by atoms with Gasteiger partial charge in [0, 0.05) is 35.6 Å². The zero-order chi connectivity index (χ0) is 23.7. The molecule has 0 saturated carbocycles. The van der Waals surface area contributed by atoms with E-state index in [2.05, 4.69) is 20.3 Å². The minimum Gasteiger partial charge on any atom is -0.396 e. The summed E-state index contributed by atoms with van der Waals surface area (Å²) in [6.45, 7) is 6.11. The van der Waals surface area contributed by atoms with E-state index >= 15 is 4.39 Å². The number of hydrogen-bond donors (Lipinski definition) is 3. The molecule has 1 aliphatic rings. The number of benzene rings is 1. The lowest BCUT2D eigenvalue weighted by Gasteiger charge is -2.34. The number of anilines is 3. The highest BCUT2D eigenvalue weighted by atomic mass is 32.1. The van der Waals surface area contributed by atoms with Gasteiger partial charge in [-0.05, 0) is 45.2 Å². The van der Waals surface area contributed by atoms with Gasteiger partial charge < -0.3 is 21.7 Å². The number of nitrogen functional groups attached to an aromatic ring is 1. The van der Waals surface area contributed by atoms with Crippen molar-refractivity contribution >= 4 is 34.4 Å². The first-order chi connectivity index (χ1) is 15.8. The molecule has 0 radical (unpaired) electrons. The predicted molar refractivity (Wildman–Crippen MR) is 126 cm³/mol. The SMILES string of the molecule is CC(C)n1ncc(-c2cc(N)c(F)c(NC(=O)c3cscn3)c2F)c1N1CCC(CN)CC1. The molecule has 0 bridgehead atoms. The molecule has 1 fully saturated rings. The second-order valence-corrected chi connectivity index (χ2v) is 9.15. The second-order valence-electron chi connectivity index (χ2n) is 8.43. The Morgan fingerprint density at radius 2 is 2.00 bits per heavy atom. The topological polar surface area (TPSA) is 115 Å². The number of carbonyl (C=O) groups excluding carboxylic acids is 1. The Kier molecular flexibility index (Phi) is 6.61. The van der Waals surface area contributed by atoms with Gasteiger partial charge in [-0.1, -0.05) is 0 Å². The monoisotopic (exact) mass is 475 g/mol. The van der Waals surface area contributed by atoms with Crippen molar-refractivity contribution in [1.82, 2.24) is 14.8 Å². The summed E-state index contributed by atoms with van der Waals surface area (Å²) in [5, 5.41) is 8.27. The maximum atomic E-state index is 15.7. The van der Waals surface area contributed by atoms with Crippen molar-refractivity contribution in [1.29, 1.82) is 0 Å². The number of nitrogens with zero attached hydrogens (tertiary/aromatic N) is 4. The molecule has 0 atom stereocenters. The molecule has 11 heteroatoms. The standard InChI is InChI=1S/C22H27F2N7OS/c1-12(2)31-22(30-5-3-13(8-25)4-6-30)15(9-28-31)14-7-16(26)19(24)20(18(14)23)29-21(32)17-10-33-11-27-17/h7,9-13H,3-6,8,25-26H2,1-2H3,(H,29,32). The van der Waals surface area contributed by atoms with Crippen LogP contribution in [-0.2, 0) is 0 Å². The average Bonchev–Trinajstić information content (AvgIpc) is 3.49. The molecule has 33 heavy (non-hydrogen) atoms. The van der Waals surface area contributed by atoms with E-state index in [0.29, 0.717) is 18.0 Å². The van der Waals surface area contributed by atoms with Crippen molar-refractivity contribution in [2.45, 2.75) is 32.7 Å². The quantitative estimate of drug-likeness (QED) is 0.466. The lowest BCUT2D eigenvalue weighted by molar-refractivity contribution is 0.102. The number of piperidine rings is 1. The van der Waals surface area contributed by atoms with Crippen LogP contribution >= 0.6 is 11.3 Å². The fraction of sp³-hybridized carbons (Fsp3) is 0.409. The van der Waals surface area contributed by atoms with Gasteiger partial charge in [0.2, 0.25) is 0 Å². The van der Waals surface area contributed by atoms with Crippen molar-refractivity contribution in [3.8, 4) is 11.1 Å². The maximum absolute atomic E-state index is 15.7. The van der Waals surface area contributed by atoms with Gasteiger partial charge >= 0.3 is 0 Å². The fourth-order valence-corrected chi connectivity index (χ4v) is 4.62. The summed E-state index contributed by atoms with van der Waals surface area (Å²) in [5.41, 5.74) is 12.9. The highest BCUT2D eigenvalue weighted by molar-refractivity contribution is 7.07. The van der Waals surface area contributed by atoms with Gasteiger partial charge in [0.1, 0.15) is 17.2 Å². The third kappa shape index (κ3) is 4.42. The lowest BCUT2D eigenvalue weighted by atomic mass is 9.96. The molecular formula is C22H27F2N7OS. The Hall–Kier alpha value is -3.05. The van der Waals surface area contributed by atoms with Crippen LogP contribution in [0.1, 0.15) is 43.2 Å². The van der Waals surface area contributed by atoms with Crippen molar-refractivity contribution in [2.24, 2.45) is 11.7 Å². The molecule has 1 aliphatic heterocycles. The zero-order valence-electron chi connectivity index (χ0n) is 18.5. The van der Waals surface area contributed by atoms with Crippen molar-refractivity contribution < 1.29 is 13.6 Å². The van der Waals surface area contributed by atoms with Gasteiger partial charge in [0.15, 0.2) is 11.6 Å². The van der Waals surface area contributed by atoms with E-state index in [4.69, 9.17) is 11.5 Å². The van der Waals surface area contributed by atoms with E-state index in [1.54, 1.807) is 6.20 Å². The number of nitrogens with two attached hydrogens (primary N) is 2. The molecule has 1 aromatic carbocycles. The number of hydrogen-bond acceptors (Lipinski definition) is 7. The molecule has 1 saturated heterocycles. The summed E-state index contributed by atoms with van der Waals surface area (Å²) >= 11 is 1.21. The fourth-order valence-electron chi connectivity index (χ4n) is 4.08. The van der Waals surface area contributed by atoms with Crippen LogP contribution in [0.5, 0.6) is 0 Å². The summed E-state index contributed by atoms with van der Waals surface area (Å²) in [6, 6.07) is 1.27. The maximum Gasteiger partial charge on any atom is 0.275 e. The molecule has 3 aromatic rings. The zero-order valence-corrected chi connectivity index (χ0v) is 19.3. The minimum atomic E-state index is -1.03. The van der Waals surface area contributed by atoms with E-state index < -0.39 is 23.2 Å². The summed E-state index contributed by atoms with van der Waals surface area (Å²) in [6.07, 6.45) is 3.40. The number of amides is 1. The second kappa shape index (κ2) is 9.44. The largest absolute Gasteiger partial charge is 0.396 e. The molecule has 1 amide bonds. The summed E-state index contributed by atoms with van der Waals surface area (Å²) in [7, 11) is 0. The van der Waals surface area contributed by atoms with Gasteiger partial charge in [-0.15, -0.1) is 11.3 Å². The third-order valence-corrected chi connectivity index (χ3v) is 6.51. The molecule has 2 aromatic heterocycles. The Balaban J connectivity index is 1.78. The van der Waals surface area contributed by atoms with Gasteiger partial charge in [0.25, 0.3) is 5.91 Å². The number of thiazole rings is 1. The van der Waals surface area contributed by atoms with Gasteiger partial charge in [0.05, 0.1) is 17.4 Å². The highest BCUT2D eigenvalue weighted by Crippen LogP contribution is 2.40. The molecule has 0 aliphatic carbocycles. The van der Waals surface area contributed by atoms with Crippen molar-refractivity contribution in [3.63, 3.8) is 0 Å². The van der Waals surface area contributed by atoms with Crippen LogP contribution in [-0.4, -0.2) is 40.3 Å². The van der Waals surface area contributed by atoms with Crippen LogP contribution in [0, 0.1) is 17.6 Å². The van der Waals surface area contributed by atoms with E-state index in [-0.39, 0.29) is 23.0 Å². The number of carbonyl (C=O) groups is 1. The first-order valence-electron chi connectivity index (χ1n) is 10.8. The van der Waals surface area contributed by atoms with Crippen LogP contribution in [0.3, 0.4) is 0 Å². The molecule has 0 spiro atoms. The van der Waals surface area contributed by atoms with Crippen LogP contribution < -0.4 is 21.7 Å². The van der Waals surface area contributed by atoms with Crippen LogP contribution in [0.4, 0.5) is 26.0 Å². The van der Waals surface area contributed by atoms with Crippen LogP contribution in [0.25, 0.3) is 11.1 Å². The number of rotatable bonds is 6. The smallest absolute Gasteiger partial charge is 0.275 e. The lowest BCUT2D eigenvalue weighted by Crippen LogP contribution is -2.37. The van der Waals surface area contributed by atoms with Gasteiger partial charge in [-0.25, -0.2) is 18.4 Å².